The van der Waals surface area contributed by atoms with Gasteiger partial charge in [-0.1, -0.05) is 12.6 Å². The van der Waals surface area contributed by atoms with Crippen LogP contribution in [0.2, 0.25) is 0 Å². The van der Waals surface area contributed by atoms with Crippen LogP contribution >= 0.6 is 0 Å². The van der Waals surface area contributed by atoms with Crippen molar-refractivity contribution < 1.29 is 8.78 Å². The molecule has 1 saturated heterocycles. The maximum absolute atomic E-state index is 13.5. The summed E-state index contributed by atoms with van der Waals surface area (Å²) in [5, 5.41) is 11.7. The van der Waals surface area contributed by atoms with Gasteiger partial charge in [-0.25, -0.2) is 8.78 Å². The minimum atomic E-state index is -2.60. The lowest BCUT2D eigenvalue weighted by molar-refractivity contribution is 0.0115. The van der Waals surface area contributed by atoms with Gasteiger partial charge in [0.05, 0.1) is 17.8 Å². The molecule has 0 aliphatic carbocycles. The van der Waals surface area contributed by atoms with Gasteiger partial charge in [0.2, 0.25) is 0 Å². The van der Waals surface area contributed by atoms with Crippen LogP contribution in [-0.2, 0) is 6.54 Å². The van der Waals surface area contributed by atoms with Crippen molar-refractivity contribution in [3.63, 3.8) is 0 Å². The summed E-state index contributed by atoms with van der Waals surface area (Å²) < 4.78 is 27.0. The topological polar surface area (TPSA) is 69.7 Å². The fourth-order valence-corrected chi connectivity index (χ4v) is 4.02. The molecule has 0 atom stereocenters. The van der Waals surface area contributed by atoms with Gasteiger partial charge in [-0.15, -0.1) is 0 Å². The van der Waals surface area contributed by atoms with Gasteiger partial charge in [0.25, 0.3) is 5.92 Å². The monoisotopic (exact) mass is 432 g/mol. The molecule has 1 aliphatic rings. The molecule has 3 aromatic heterocycles. The lowest BCUT2D eigenvalue weighted by Crippen LogP contribution is -2.24. The Hall–Kier alpha value is -3.65. The van der Waals surface area contributed by atoms with E-state index in [2.05, 4.69) is 32.1 Å². The second kappa shape index (κ2) is 8.12. The molecule has 1 aromatic carbocycles. The number of H-pyrrole nitrogens is 1. The zero-order valence-corrected chi connectivity index (χ0v) is 17.4. The number of anilines is 1. The predicted octanol–water partition coefficient (Wildman–Crippen LogP) is 4.94. The molecule has 0 spiro atoms. The number of alkyl halides is 2. The van der Waals surface area contributed by atoms with Crippen LogP contribution in [0.3, 0.4) is 0 Å². The maximum atomic E-state index is 13.5. The molecular weight excluding hydrogens is 410 g/mol. The normalized spacial score (nSPS) is 15.8. The highest BCUT2D eigenvalue weighted by Crippen LogP contribution is 2.30. The Balaban J connectivity index is 1.40. The van der Waals surface area contributed by atoms with E-state index >= 15 is 0 Å². The number of rotatable bonds is 6. The van der Waals surface area contributed by atoms with Crippen LogP contribution in [0.5, 0.6) is 0 Å². The summed E-state index contributed by atoms with van der Waals surface area (Å²) >= 11 is 0. The molecular formula is C24H22F2N6. The Morgan fingerprint density at radius 3 is 2.72 bits per heavy atom. The minimum Gasteiger partial charge on any atom is -0.354 e. The van der Waals surface area contributed by atoms with Crippen molar-refractivity contribution in [1.82, 2.24) is 25.1 Å². The van der Waals surface area contributed by atoms with Crippen molar-refractivity contribution in [3.05, 3.63) is 79.0 Å². The van der Waals surface area contributed by atoms with Crippen molar-refractivity contribution in [1.29, 1.82) is 0 Å². The van der Waals surface area contributed by atoms with Crippen molar-refractivity contribution in [3.8, 4) is 11.1 Å². The second-order valence-electron chi connectivity index (χ2n) is 8.07. The molecule has 32 heavy (non-hydrogen) atoms. The molecule has 162 valence electrons. The quantitative estimate of drug-likeness (QED) is 0.452. The number of fused-ring (bicyclic) bond motifs is 1. The van der Waals surface area contributed by atoms with E-state index in [4.69, 9.17) is 0 Å². The van der Waals surface area contributed by atoms with Gasteiger partial charge in [0.1, 0.15) is 5.69 Å². The van der Waals surface area contributed by atoms with Crippen LogP contribution in [0.15, 0.2) is 67.8 Å². The van der Waals surface area contributed by atoms with Gasteiger partial charge in [-0.3, -0.25) is 20.0 Å². The molecule has 2 N–H and O–H groups in total. The largest absolute Gasteiger partial charge is 0.354 e. The van der Waals surface area contributed by atoms with E-state index in [0.717, 1.165) is 39.0 Å². The number of hydrogen-bond donors (Lipinski definition) is 2. The predicted molar refractivity (Wildman–Crippen MR) is 121 cm³/mol. The van der Waals surface area contributed by atoms with E-state index in [1.54, 1.807) is 29.7 Å². The highest BCUT2D eigenvalue weighted by atomic mass is 19.3. The van der Waals surface area contributed by atoms with Crippen LogP contribution in [-0.4, -0.2) is 44.1 Å². The molecule has 0 saturated carbocycles. The minimum absolute atomic E-state index is 0.0858. The average molecular weight is 432 g/mol. The van der Waals surface area contributed by atoms with Crippen molar-refractivity contribution >= 4 is 22.3 Å². The molecule has 0 unspecified atom stereocenters. The number of benzene rings is 1. The fourth-order valence-electron chi connectivity index (χ4n) is 4.02. The molecule has 0 amide bonds. The van der Waals surface area contributed by atoms with Gasteiger partial charge in [-0.2, -0.15) is 5.10 Å². The first-order valence-electron chi connectivity index (χ1n) is 10.4. The van der Waals surface area contributed by atoms with E-state index in [-0.39, 0.29) is 13.0 Å². The molecule has 1 aliphatic heterocycles. The number of halogens is 2. The molecule has 8 heteroatoms. The van der Waals surface area contributed by atoms with Crippen LogP contribution in [0.25, 0.3) is 27.7 Å². The highest BCUT2D eigenvalue weighted by molar-refractivity contribution is 5.95. The first-order valence-corrected chi connectivity index (χ1v) is 10.4. The standard InChI is InChI=1S/C24H22F2N6/c1-16(29-20-4-7-27-8-5-20)23-21-11-18(2-3-22(21)30-31-23)19-10-17(12-28-13-19)14-32-9-6-24(25,26)15-32/h2-5,7-8,10-13H,1,6,9,14-15H2,(H,27,29)(H,30,31). The number of nitrogens with zero attached hydrogens (tertiary/aromatic N) is 4. The molecule has 0 bridgehead atoms. The number of aromatic amines is 1. The van der Waals surface area contributed by atoms with E-state index in [9.17, 15) is 8.78 Å². The molecule has 4 aromatic rings. The Morgan fingerprint density at radius 2 is 1.94 bits per heavy atom. The summed E-state index contributed by atoms with van der Waals surface area (Å²) in [7, 11) is 0. The van der Waals surface area contributed by atoms with Gasteiger partial charge in [0.15, 0.2) is 0 Å². The Kier molecular flexibility index (Phi) is 5.14. The summed E-state index contributed by atoms with van der Waals surface area (Å²) in [6.45, 7) is 4.79. The van der Waals surface area contributed by atoms with Crippen molar-refractivity contribution in [2.45, 2.75) is 18.9 Å². The van der Waals surface area contributed by atoms with E-state index < -0.39 is 5.92 Å². The summed E-state index contributed by atoms with van der Waals surface area (Å²) in [4.78, 5) is 10.1. The Labute approximate surface area is 184 Å². The lowest BCUT2D eigenvalue weighted by Gasteiger charge is -2.15. The molecule has 1 fully saturated rings. The fraction of sp³-hybridized carbons (Fsp3) is 0.208. The van der Waals surface area contributed by atoms with E-state index in [1.807, 2.05) is 36.4 Å². The number of hydrogen-bond acceptors (Lipinski definition) is 5. The molecule has 4 heterocycles. The summed E-state index contributed by atoms with van der Waals surface area (Å²) in [6, 6.07) is 11.7. The van der Waals surface area contributed by atoms with Crippen LogP contribution in [0.1, 0.15) is 17.7 Å². The number of likely N-dealkylation sites (tertiary alicyclic amines) is 1. The van der Waals surface area contributed by atoms with E-state index in [0.29, 0.717) is 18.8 Å². The third-order valence-electron chi connectivity index (χ3n) is 5.61. The first kappa shape index (κ1) is 20.3. The van der Waals surface area contributed by atoms with Gasteiger partial charge in [0, 0.05) is 60.9 Å². The molecule has 5 rings (SSSR count). The molecule has 6 nitrogen and oxygen atoms in total. The summed E-state index contributed by atoms with van der Waals surface area (Å²) in [6.07, 6.45) is 6.85. The molecule has 0 radical (unpaired) electrons. The van der Waals surface area contributed by atoms with Crippen LogP contribution in [0, 0.1) is 0 Å². The maximum Gasteiger partial charge on any atom is 0.261 e. The third-order valence-corrected chi connectivity index (χ3v) is 5.61. The van der Waals surface area contributed by atoms with Gasteiger partial charge >= 0.3 is 0 Å². The first-order chi connectivity index (χ1) is 15.5. The van der Waals surface area contributed by atoms with Crippen LogP contribution in [0.4, 0.5) is 14.5 Å². The average Bonchev–Trinajstić information content (AvgIpc) is 3.36. The Bertz CT molecular complexity index is 1270. The number of aromatic nitrogens is 4. The van der Waals surface area contributed by atoms with Gasteiger partial charge in [-0.05, 0) is 41.5 Å². The number of pyridine rings is 2. The number of nitrogens with one attached hydrogen (secondary N) is 2. The van der Waals surface area contributed by atoms with Crippen LogP contribution < -0.4 is 5.32 Å². The zero-order chi connectivity index (χ0) is 22.1. The smallest absolute Gasteiger partial charge is 0.261 e. The SMILES string of the molecule is C=C(Nc1ccncc1)c1n[nH]c2ccc(-c3cncc(CN4CCC(F)(F)C4)c3)cc12. The Morgan fingerprint density at radius 1 is 1.09 bits per heavy atom. The van der Waals surface area contributed by atoms with Crippen molar-refractivity contribution in [2.24, 2.45) is 0 Å². The second-order valence-corrected chi connectivity index (χ2v) is 8.07. The highest BCUT2D eigenvalue weighted by Gasteiger charge is 2.37. The van der Waals surface area contributed by atoms with Crippen molar-refractivity contribution in [2.75, 3.05) is 18.4 Å². The third kappa shape index (κ3) is 4.22. The zero-order valence-electron chi connectivity index (χ0n) is 17.4. The van der Waals surface area contributed by atoms with Gasteiger partial charge < -0.3 is 5.32 Å². The van der Waals surface area contributed by atoms with E-state index in [1.165, 1.54) is 0 Å². The summed E-state index contributed by atoms with van der Waals surface area (Å²) in [5.41, 5.74) is 5.97. The lowest BCUT2D eigenvalue weighted by atomic mass is 10.0. The summed E-state index contributed by atoms with van der Waals surface area (Å²) in [5.74, 6) is -2.60.